The lowest BCUT2D eigenvalue weighted by Gasteiger charge is -2.40. The molecular formula is C49H63ClN6O10Si. The number of phenolic OH excluding ortho intramolecular Hbond substituents is 1. The van der Waals surface area contributed by atoms with Crippen molar-refractivity contribution in [3.8, 4) is 28.4 Å². The molecule has 6 N–H and O–H groups in total. The Kier molecular flexibility index (Phi) is 17.5. The summed E-state index contributed by atoms with van der Waals surface area (Å²) in [5.74, 6) is 0.297. The van der Waals surface area contributed by atoms with Gasteiger partial charge in [0.15, 0.2) is 20.7 Å². The number of nitrogens with one attached hydrogen (secondary N) is 5. The number of hydrogen-bond donors (Lipinski definition) is 6. The Morgan fingerprint density at radius 1 is 0.970 bits per heavy atom. The SMILES string of the molecule is COc1cc(NC(=O)OCCCNC(=O)CCN2CCC(OC(=O)Nc3ccccc3-c3ccccc3)CC2)c(Cl)cc1CNC[C@H](O[Si](C)(C)C(C)(C)C)c1ccc(O)c2c1OCC(=O)N2. The van der Waals surface area contributed by atoms with Gasteiger partial charge in [-0.15, -0.1) is 0 Å². The molecule has 360 valence electrons. The predicted molar refractivity (Wildman–Crippen MR) is 262 cm³/mol. The number of para-hydroxylation sites is 1. The molecule has 4 aromatic carbocycles. The summed E-state index contributed by atoms with van der Waals surface area (Å²) in [6.45, 7) is 13.7. The molecule has 4 amide bonds. The molecular weight excluding hydrogens is 896 g/mol. The molecule has 2 aliphatic heterocycles. The van der Waals surface area contributed by atoms with Crippen LogP contribution in [0.2, 0.25) is 23.2 Å². The Labute approximate surface area is 398 Å². The Morgan fingerprint density at radius 3 is 2.42 bits per heavy atom. The van der Waals surface area contributed by atoms with Crippen LogP contribution in [0.4, 0.5) is 26.7 Å². The molecule has 6 rings (SSSR count). The number of methoxy groups -OCH3 is 1. The van der Waals surface area contributed by atoms with Crippen molar-refractivity contribution in [2.24, 2.45) is 0 Å². The first-order valence-electron chi connectivity index (χ1n) is 22.6. The zero-order valence-electron chi connectivity index (χ0n) is 39.1. The van der Waals surface area contributed by atoms with Crippen LogP contribution in [-0.4, -0.2) is 101 Å². The van der Waals surface area contributed by atoms with Gasteiger partial charge in [0.2, 0.25) is 5.91 Å². The number of rotatable bonds is 19. The second-order valence-corrected chi connectivity index (χ2v) is 23.2. The number of hydrogen-bond acceptors (Lipinski definition) is 12. The second-order valence-electron chi connectivity index (χ2n) is 18.1. The highest BCUT2D eigenvalue weighted by molar-refractivity contribution is 6.74. The molecule has 0 unspecified atom stereocenters. The van der Waals surface area contributed by atoms with Gasteiger partial charge in [-0.1, -0.05) is 80.9 Å². The van der Waals surface area contributed by atoms with Gasteiger partial charge in [0.25, 0.3) is 5.91 Å². The summed E-state index contributed by atoms with van der Waals surface area (Å²) >= 11 is 6.64. The maximum absolute atomic E-state index is 12.8. The molecule has 1 saturated heterocycles. The summed E-state index contributed by atoms with van der Waals surface area (Å²) in [4.78, 5) is 52.4. The van der Waals surface area contributed by atoms with Crippen molar-refractivity contribution in [3.63, 3.8) is 0 Å². The van der Waals surface area contributed by atoms with Crippen molar-refractivity contribution < 1.29 is 47.7 Å². The molecule has 0 spiro atoms. The highest BCUT2D eigenvalue weighted by Gasteiger charge is 2.40. The molecule has 0 saturated carbocycles. The number of halogens is 1. The van der Waals surface area contributed by atoms with Crippen molar-refractivity contribution in [3.05, 3.63) is 95.0 Å². The lowest BCUT2D eigenvalue weighted by Crippen LogP contribution is -2.43. The lowest BCUT2D eigenvalue weighted by molar-refractivity contribution is -0.121. The maximum atomic E-state index is 12.8. The third-order valence-corrected chi connectivity index (χ3v) is 17.0. The molecule has 18 heteroatoms. The topological polar surface area (TPSA) is 198 Å². The van der Waals surface area contributed by atoms with Crippen molar-refractivity contribution in [1.29, 1.82) is 0 Å². The molecule has 1 fully saturated rings. The number of piperidine rings is 1. The van der Waals surface area contributed by atoms with Crippen LogP contribution in [-0.2, 0) is 30.0 Å². The summed E-state index contributed by atoms with van der Waals surface area (Å²) in [5, 5.41) is 25.3. The Morgan fingerprint density at radius 2 is 1.69 bits per heavy atom. The minimum Gasteiger partial charge on any atom is -0.506 e. The number of amides is 4. The molecule has 0 aliphatic carbocycles. The molecule has 0 aromatic heterocycles. The van der Waals surface area contributed by atoms with E-state index in [0.29, 0.717) is 93.4 Å². The van der Waals surface area contributed by atoms with Crippen LogP contribution in [0.25, 0.3) is 11.1 Å². The summed E-state index contributed by atoms with van der Waals surface area (Å²) in [5.41, 5.74) is 4.55. The van der Waals surface area contributed by atoms with E-state index in [1.54, 1.807) is 18.2 Å². The number of ether oxygens (including phenoxy) is 4. The van der Waals surface area contributed by atoms with E-state index in [-0.39, 0.29) is 52.6 Å². The predicted octanol–water partition coefficient (Wildman–Crippen LogP) is 9.06. The number of fused-ring (bicyclic) bond motifs is 1. The van der Waals surface area contributed by atoms with Crippen molar-refractivity contribution in [2.75, 3.05) is 69.0 Å². The average molecular weight is 960 g/mol. The van der Waals surface area contributed by atoms with E-state index >= 15 is 0 Å². The van der Waals surface area contributed by atoms with Crippen molar-refractivity contribution in [2.45, 2.75) is 83.3 Å². The largest absolute Gasteiger partial charge is 0.506 e. The van der Waals surface area contributed by atoms with Gasteiger partial charge in [0.05, 0.1) is 36.2 Å². The molecule has 0 bridgehead atoms. The van der Waals surface area contributed by atoms with Crippen LogP contribution >= 0.6 is 11.6 Å². The zero-order chi connectivity index (χ0) is 48.1. The van der Waals surface area contributed by atoms with Crippen molar-refractivity contribution in [1.82, 2.24) is 15.5 Å². The molecule has 4 aromatic rings. The van der Waals surface area contributed by atoms with E-state index in [9.17, 15) is 24.3 Å². The first-order chi connectivity index (χ1) is 32.0. The van der Waals surface area contributed by atoms with Crippen LogP contribution in [0.5, 0.6) is 17.2 Å². The Bertz CT molecular complexity index is 2360. The van der Waals surface area contributed by atoms with E-state index in [4.69, 9.17) is 35.0 Å². The fraction of sp³-hybridized carbons (Fsp3) is 0.429. The third kappa shape index (κ3) is 14.1. The standard InChI is InChI=1S/C49H63ClN6O10Si/c1-49(2,3)67(5,6)66-42(36-17-18-40(57)45-46(36)64-31-44(59)55-45)30-51-29-33-27-37(50)39(28-41(33)62-4)54-47(60)63-26-12-22-52-43(58)21-25-56-23-19-34(20-24-56)65-48(61)53-38-16-11-10-15-35(38)32-13-8-7-9-14-32/h7-11,13-18,27-28,34,42,51,57H,12,19-26,29-31H2,1-6H3,(H,52,58)(H,53,61)(H,54,60)(H,55,59)/t42-/m0/s1. The molecule has 1 atom stereocenters. The normalized spacial score (nSPS) is 14.8. The molecule has 0 radical (unpaired) electrons. The number of carbonyl (C=O) groups excluding carboxylic acids is 4. The number of likely N-dealkylation sites (tertiary alicyclic amines) is 1. The number of aromatic hydroxyl groups is 1. The van der Waals surface area contributed by atoms with Crippen LogP contribution < -0.4 is 36.1 Å². The summed E-state index contributed by atoms with van der Waals surface area (Å²) < 4.78 is 29.5. The highest BCUT2D eigenvalue weighted by atomic mass is 35.5. The van der Waals surface area contributed by atoms with Gasteiger partial charge in [-0.3, -0.25) is 20.2 Å². The van der Waals surface area contributed by atoms with E-state index < -0.39 is 26.6 Å². The minimum atomic E-state index is -2.33. The molecule has 16 nitrogen and oxygen atoms in total. The first-order valence-corrected chi connectivity index (χ1v) is 25.9. The average Bonchev–Trinajstić information content (AvgIpc) is 3.29. The summed E-state index contributed by atoms with van der Waals surface area (Å²) in [7, 11) is -0.805. The third-order valence-electron chi connectivity index (χ3n) is 12.2. The quantitative estimate of drug-likeness (QED) is 0.0297. The Balaban J connectivity index is 0.891. The van der Waals surface area contributed by atoms with E-state index in [0.717, 1.165) is 16.7 Å². The van der Waals surface area contributed by atoms with Gasteiger partial charge in [0.1, 0.15) is 23.3 Å². The van der Waals surface area contributed by atoms with Gasteiger partial charge >= 0.3 is 12.2 Å². The molecule has 2 heterocycles. The van der Waals surface area contributed by atoms with Crippen LogP contribution in [0.3, 0.4) is 0 Å². The molecule has 67 heavy (non-hydrogen) atoms. The Hall–Kier alpha value is -5.85. The fourth-order valence-corrected chi connectivity index (χ4v) is 9.01. The minimum absolute atomic E-state index is 0.0710. The van der Waals surface area contributed by atoms with E-state index in [1.165, 1.54) is 13.2 Å². The van der Waals surface area contributed by atoms with Crippen molar-refractivity contribution >= 4 is 61.0 Å². The summed E-state index contributed by atoms with van der Waals surface area (Å²) in [6.07, 6.45) is 0.183. The van der Waals surface area contributed by atoms with Crippen LogP contribution in [0.15, 0.2) is 78.9 Å². The number of anilines is 3. The number of benzene rings is 4. The van der Waals surface area contributed by atoms with E-state index in [1.807, 2.05) is 54.6 Å². The number of phenols is 1. The van der Waals surface area contributed by atoms with E-state index in [2.05, 4.69) is 65.3 Å². The lowest BCUT2D eigenvalue weighted by atomic mass is 10.0. The van der Waals surface area contributed by atoms with Gasteiger partial charge in [-0.05, 0) is 67.2 Å². The monoisotopic (exact) mass is 958 g/mol. The smallest absolute Gasteiger partial charge is 0.411 e. The summed E-state index contributed by atoms with van der Waals surface area (Å²) in [6, 6.07) is 24.1. The molecule has 2 aliphatic rings. The number of nitrogens with zero attached hydrogens (tertiary/aromatic N) is 1. The highest BCUT2D eigenvalue weighted by Crippen LogP contribution is 2.46. The second kappa shape index (κ2) is 23.2. The first kappa shape index (κ1) is 50.6. The maximum Gasteiger partial charge on any atom is 0.411 e. The van der Waals surface area contributed by atoms with Crippen LogP contribution in [0, 0.1) is 0 Å². The van der Waals surface area contributed by atoms with Crippen LogP contribution in [0.1, 0.15) is 63.7 Å². The van der Waals surface area contributed by atoms with Gasteiger partial charge < -0.3 is 49.3 Å². The van der Waals surface area contributed by atoms with Gasteiger partial charge in [0, 0.05) is 68.4 Å². The van der Waals surface area contributed by atoms with Gasteiger partial charge in [-0.2, -0.15) is 0 Å². The number of carbonyl (C=O) groups is 4. The zero-order valence-corrected chi connectivity index (χ0v) is 40.8. The van der Waals surface area contributed by atoms with Gasteiger partial charge in [-0.25, -0.2) is 9.59 Å². The fourth-order valence-electron chi connectivity index (χ4n) is 7.50.